The van der Waals surface area contributed by atoms with Gasteiger partial charge in [0.05, 0.1) is 0 Å². The second kappa shape index (κ2) is 5.02. The monoisotopic (exact) mass is 224 g/mol. The molecule has 1 aliphatic heterocycles. The second-order valence-corrected chi connectivity index (χ2v) is 4.11. The molecular formula is C9H16N6O. The molecule has 0 aliphatic carbocycles. The van der Waals surface area contributed by atoms with Gasteiger partial charge in [-0.05, 0) is 37.1 Å². The van der Waals surface area contributed by atoms with E-state index in [2.05, 4.69) is 25.9 Å². The first-order chi connectivity index (χ1) is 7.77. The van der Waals surface area contributed by atoms with Crippen LogP contribution < -0.4 is 5.32 Å². The zero-order valence-corrected chi connectivity index (χ0v) is 9.31. The first-order valence-electron chi connectivity index (χ1n) is 5.47. The van der Waals surface area contributed by atoms with Crippen molar-refractivity contribution in [3.63, 3.8) is 0 Å². The summed E-state index contributed by atoms with van der Waals surface area (Å²) in [6, 6.07) is 0. The van der Waals surface area contributed by atoms with Crippen molar-refractivity contribution in [3.05, 3.63) is 5.82 Å². The SMILES string of the molecule is CN(CC1CCNCC1)C(=O)c1nn[nH]n1. The maximum Gasteiger partial charge on any atom is 0.295 e. The van der Waals surface area contributed by atoms with E-state index >= 15 is 0 Å². The van der Waals surface area contributed by atoms with E-state index in [9.17, 15) is 4.79 Å². The van der Waals surface area contributed by atoms with E-state index in [1.165, 1.54) is 0 Å². The van der Waals surface area contributed by atoms with E-state index < -0.39 is 0 Å². The van der Waals surface area contributed by atoms with E-state index in [0.717, 1.165) is 32.5 Å². The normalized spacial score (nSPS) is 17.3. The Kier molecular flexibility index (Phi) is 3.45. The largest absolute Gasteiger partial charge is 0.339 e. The van der Waals surface area contributed by atoms with Crippen LogP contribution in [0.25, 0.3) is 0 Å². The average Bonchev–Trinajstić information content (AvgIpc) is 2.83. The van der Waals surface area contributed by atoms with Crippen molar-refractivity contribution < 1.29 is 4.79 Å². The average molecular weight is 224 g/mol. The van der Waals surface area contributed by atoms with Gasteiger partial charge in [-0.25, -0.2) is 0 Å². The molecule has 1 aliphatic rings. The number of rotatable bonds is 3. The summed E-state index contributed by atoms with van der Waals surface area (Å²) in [6.07, 6.45) is 2.23. The van der Waals surface area contributed by atoms with E-state index in [1.54, 1.807) is 11.9 Å². The molecule has 1 amide bonds. The Hall–Kier alpha value is -1.50. The highest BCUT2D eigenvalue weighted by atomic mass is 16.2. The van der Waals surface area contributed by atoms with Gasteiger partial charge in [0.25, 0.3) is 11.7 Å². The molecule has 88 valence electrons. The van der Waals surface area contributed by atoms with Gasteiger partial charge in [-0.3, -0.25) is 4.79 Å². The van der Waals surface area contributed by atoms with Crippen LogP contribution in [0.4, 0.5) is 0 Å². The van der Waals surface area contributed by atoms with Gasteiger partial charge in [-0.1, -0.05) is 0 Å². The molecule has 0 atom stereocenters. The fourth-order valence-corrected chi connectivity index (χ4v) is 1.96. The van der Waals surface area contributed by atoms with Crippen molar-refractivity contribution >= 4 is 5.91 Å². The van der Waals surface area contributed by atoms with Crippen LogP contribution in [0, 0.1) is 5.92 Å². The third-order valence-electron chi connectivity index (χ3n) is 2.87. The Morgan fingerprint density at radius 2 is 2.25 bits per heavy atom. The number of hydrogen-bond acceptors (Lipinski definition) is 5. The van der Waals surface area contributed by atoms with E-state index in [-0.39, 0.29) is 11.7 Å². The summed E-state index contributed by atoms with van der Waals surface area (Å²) in [5.41, 5.74) is 0. The number of carbonyl (C=O) groups is 1. The third kappa shape index (κ3) is 2.54. The van der Waals surface area contributed by atoms with Crippen molar-refractivity contribution in [1.82, 2.24) is 30.8 Å². The number of carbonyl (C=O) groups excluding carboxylic acids is 1. The minimum atomic E-state index is -0.174. The summed E-state index contributed by atoms with van der Waals surface area (Å²) in [5, 5.41) is 16.3. The standard InChI is InChI=1S/C9H16N6O/c1-15(6-7-2-4-10-5-3-7)9(16)8-11-13-14-12-8/h7,10H,2-6H2,1H3,(H,11,12,13,14). The number of aromatic amines is 1. The number of nitrogens with zero attached hydrogens (tertiary/aromatic N) is 4. The van der Waals surface area contributed by atoms with Gasteiger partial charge < -0.3 is 10.2 Å². The van der Waals surface area contributed by atoms with Crippen LogP contribution in [-0.4, -0.2) is 58.1 Å². The highest BCUT2D eigenvalue weighted by Gasteiger charge is 2.21. The summed E-state index contributed by atoms with van der Waals surface area (Å²) in [5.74, 6) is 0.533. The lowest BCUT2D eigenvalue weighted by molar-refractivity contribution is 0.0750. The van der Waals surface area contributed by atoms with Crippen LogP contribution in [0.1, 0.15) is 23.5 Å². The Balaban J connectivity index is 1.87. The number of H-pyrrole nitrogens is 1. The van der Waals surface area contributed by atoms with Gasteiger partial charge in [0.15, 0.2) is 0 Å². The van der Waals surface area contributed by atoms with Crippen LogP contribution in [0.15, 0.2) is 0 Å². The zero-order chi connectivity index (χ0) is 11.4. The zero-order valence-electron chi connectivity index (χ0n) is 9.31. The highest BCUT2D eigenvalue weighted by molar-refractivity contribution is 5.89. The molecule has 1 aromatic rings. The Morgan fingerprint density at radius 3 is 2.88 bits per heavy atom. The summed E-state index contributed by atoms with van der Waals surface area (Å²) < 4.78 is 0. The molecule has 1 saturated heterocycles. The molecule has 2 heterocycles. The lowest BCUT2D eigenvalue weighted by Gasteiger charge is -2.26. The lowest BCUT2D eigenvalue weighted by Crippen LogP contribution is -2.37. The number of nitrogens with one attached hydrogen (secondary N) is 2. The van der Waals surface area contributed by atoms with Crippen LogP contribution in [0.5, 0.6) is 0 Å². The Labute approximate surface area is 93.6 Å². The van der Waals surface area contributed by atoms with Gasteiger partial charge in [-0.2, -0.15) is 5.21 Å². The fourth-order valence-electron chi connectivity index (χ4n) is 1.96. The van der Waals surface area contributed by atoms with E-state index in [1.807, 2.05) is 0 Å². The van der Waals surface area contributed by atoms with Gasteiger partial charge in [-0.15, -0.1) is 10.2 Å². The molecular weight excluding hydrogens is 208 g/mol. The van der Waals surface area contributed by atoms with Crippen LogP contribution in [0.2, 0.25) is 0 Å². The van der Waals surface area contributed by atoms with Gasteiger partial charge in [0, 0.05) is 13.6 Å². The van der Waals surface area contributed by atoms with Gasteiger partial charge in [0.2, 0.25) is 0 Å². The van der Waals surface area contributed by atoms with Gasteiger partial charge >= 0.3 is 0 Å². The summed E-state index contributed by atoms with van der Waals surface area (Å²) in [4.78, 5) is 13.5. The van der Waals surface area contributed by atoms with Crippen molar-refractivity contribution in [2.45, 2.75) is 12.8 Å². The number of aromatic nitrogens is 4. The third-order valence-corrected chi connectivity index (χ3v) is 2.87. The van der Waals surface area contributed by atoms with Crippen LogP contribution >= 0.6 is 0 Å². The first-order valence-corrected chi connectivity index (χ1v) is 5.47. The molecule has 1 aromatic heterocycles. The quantitative estimate of drug-likeness (QED) is 0.707. The Morgan fingerprint density at radius 1 is 1.50 bits per heavy atom. The van der Waals surface area contributed by atoms with E-state index in [0.29, 0.717) is 5.92 Å². The predicted octanol–water partition coefficient (Wildman–Crippen LogP) is -0.729. The van der Waals surface area contributed by atoms with Crippen molar-refractivity contribution in [2.75, 3.05) is 26.7 Å². The molecule has 0 radical (unpaired) electrons. The smallest absolute Gasteiger partial charge is 0.295 e. The molecule has 16 heavy (non-hydrogen) atoms. The lowest BCUT2D eigenvalue weighted by atomic mass is 9.98. The number of amides is 1. The second-order valence-electron chi connectivity index (χ2n) is 4.11. The molecule has 7 nitrogen and oxygen atoms in total. The summed E-state index contributed by atoms with van der Waals surface area (Å²) in [7, 11) is 1.78. The minimum absolute atomic E-state index is 0.136. The van der Waals surface area contributed by atoms with Crippen LogP contribution in [-0.2, 0) is 0 Å². The predicted molar refractivity (Wildman–Crippen MR) is 56.7 cm³/mol. The topological polar surface area (TPSA) is 86.8 Å². The minimum Gasteiger partial charge on any atom is -0.339 e. The Bertz CT molecular complexity index is 332. The summed E-state index contributed by atoms with van der Waals surface area (Å²) >= 11 is 0. The fraction of sp³-hybridized carbons (Fsp3) is 0.778. The number of piperidine rings is 1. The molecule has 2 N–H and O–H groups in total. The molecule has 0 unspecified atom stereocenters. The van der Waals surface area contributed by atoms with Gasteiger partial charge in [0.1, 0.15) is 0 Å². The van der Waals surface area contributed by atoms with Crippen molar-refractivity contribution in [2.24, 2.45) is 5.92 Å². The molecule has 0 aromatic carbocycles. The van der Waals surface area contributed by atoms with Crippen molar-refractivity contribution in [3.8, 4) is 0 Å². The molecule has 0 saturated carbocycles. The van der Waals surface area contributed by atoms with Crippen molar-refractivity contribution in [1.29, 1.82) is 0 Å². The molecule has 0 spiro atoms. The number of hydrogen-bond donors (Lipinski definition) is 2. The first kappa shape index (κ1) is 11.0. The van der Waals surface area contributed by atoms with Crippen LogP contribution in [0.3, 0.4) is 0 Å². The maximum absolute atomic E-state index is 11.8. The summed E-state index contributed by atoms with van der Waals surface area (Å²) in [6.45, 7) is 2.83. The molecule has 1 fully saturated rings. The molecule has 2 rings (SSSR count). The highest BCUT2D eigenvalue weighted by Crippen LogP contribution is 2.13. The maximum atomic E-state index is 11.8. The van der Waals surface area contributed by atoms with E-state index in [4.69, 9.17) is 0 Å². The molecule has 0 bridgehead atoms. The molecule has 7 heteroatoms. The number of tetrazole rings is 1.